The summed E-state index contributed by atoms with van der Waals surface area (Å²) in [6.07, 6.45) is -0.572. The molecule has 0 saturated heterocycles. The Morgan fingerprint density at radius 3 is 2.23 bits per heavy atom. The van der Waals surface area contributed by atoms with Gasteiger partial charge in [-0.2, -0.15) is 0 Å². The van der Waals surface area contributed by atoms with Gasteiger partial charge in [0.2, 0.25) is 0 Å². The quantitative estimate of drug-likeness (QED) is 0.154. The van der Waals surface area contributed by atoms with Gasteiger partial charge in [0, 0.05) is 38.4 Å². The van der Waals surface area contributed by atoms with Gasteiger partial charge in [-0.25, -0.2) is 4.98 Å². The Morgan fingerprint density at radius 1 is 0.767 bits per heavy atom. The molecule has 1 N–H and O–H groups in total. The summed E-state index contributed by atoms with van der Waals surface area (Å²) in [6, 6.07) is 23.4. The van der Waals surface area contributed by atoms with Crippen molar-refractivity contribution >= 4 is 11.0 Å². The number of rotatable bonds is 8. The second-order valence-corrected chi connectivity index (χ2v) is 16.8. The third-order valence-corrected chi connectivity index (χ3v) is 10.8. The van der Waals surface area contributed by atoms with Crippen LogP contribution in [0, 0.1) is 26.8 Å². The van der Waals surface area contributed by atoms with E-state index in [1.54, 1.807) is 35.8 Å². The van der Waals surface area contributed by atoms with Crippen LogP contribution in [0.15, 0.2) is 127 Å². The first-order valence-electron chi connectivity index (χ1n) is 25.8. The first-order valence-corrected chi connectivity index (χ1v) is 19.8. The van der Waals surface area contributed by atoms with Gasteiger partial charge in [-0.3, -0.25) is 9.55 Å². The van der Waals surface area contributed by atoms with Crippen molar-refractivity contribution in [1.82, 2.24) is 14.5 Å². The van der Waals surface area contributed by atoms with Crippen molar-refractivity contribution in [2.75, 3.05) is 0 Å². The maximum absolute atomic E-state index is 11.8. The summed E-state index contributed by atoms with van der Waals surface area (Å²) < 4.78 is 107. The third kappa shape index (κ3) is 8.28. The molecular weight excluding hydrogens is 914 g/mol. The molecule has 0 atom stereocenters. The van der Waals surface area contributed by atoms with Gasteiger partial charge in [0.05, 0.1) is 33.3 Å². The van der Waals surface area contributed by atoms with E-state index in [0.29, 0.717) is 44.5 Å². The molecule has 0 aliphatic rings. The SMILES string of the molecule is [2H]c1nc(-c2[c-]c(-c3cccc4c3nc(-c3cc(C)cc(C)c3O)n4-c3ccc(-c4cc(C(C)C)cc(C([2H])(C)C)c4)cc3C([2H])([2H])[2H])cc(C(C)(C)C)c2)c([2H])c(-c2c([2H])c([2H])c([2H])c([2H])c2[2H])c1[2H].[Pt]. The van der Waals surface area contributed by atoms with Gasteiger partial charge in [0.15, 0.2) is 0 Å². The predicted octanol–water partition coefficient (Wildman–Crippen LogP) is 14.7. The van der Waals surface area contributed by atoms with Gasteiger partial charge in [-0.1, -0.05) is 138 Å². The van der Waals surface area contributed by atoms with E-state index in [4.69, 9.17) is 20.1 Å². The van der Waals surface area contributed by atoms with Gasteiger partial charge < -0.3 is 5.11 Å². The van der Waals surface area contributed by atoms with Gasteiger partial charge in [0.1, 0.15) is 11.6 Å². The standard InChI is InChI=1S/C55H54N3O.Pt/c1-33(2)41-26-42(34(3)4)28-43(27-41)39-19-20-50(36(6)25-39)58-51-18-14-17-47(52(51)57-54(58)48-24-35(5)23-37(7)53(48)59)44-29-45(31-46(30-44)55(8,9)10)49-32-40(21-22-56-49)38-15-12-11-13-16-38;/h11-28,30-34,59H,1-10H3;/q-1;/i6D3,11D,12D,13D,15D,16D,21D,22D,32D,33D;. The van der Waals surface area contributed by atoms with Crippen LogP contribution in [0.25, 0.3) is 72.7 Å². The Bertz CT molecular complexity index is 3470. The summed E-state index contributed by atoms with van der Waals surface area (Å²) in [5.41, 5.74) is 6.97. The monoisotopic (exact) mass is 979 g/mol. The van der Waals surface area contributed by atoms with E-state index in [-0.39, 0.29) is 66.5 Å². The molecule has 0 amide bonds. The van der Waals surface area contributed by atoms with Crippen LogP contribution in [-0.2, 0) is 26.5 Å². The number of para-hydroxylation sites is 1. The maximum Gasteiger partial charge on any atom is 0.148 e. The largest absolute Gasteiger partial charge is 0.507 e. The minimum atomic E-state index is -2.64. The van der Waals surface area contributed by atoms with Crippen LogP contribution in [0.1, 0.15) is 110 Å². The first kappa shape index (κ1) is 29.6. The molecule has 306 valence electrons. The Hall–Kier alpha value is -5.57. The number of pyridine rings is 1. The summed E-state index contributed by atoms with van der Waals surface area (Å²) in [7, 11) is 0. The topological polar surface area (TPSA) is 50.9 Å². The Kier molecular flexibility index (Phi) is 8.31. The maximum atomic E-state index is 11.8. The molecule has 8 rings (SSSR count). The average molecular weight is 980 g/mol. The number of hydrogen-bond acceptors (Lipinski definition) is 3. The Morgan fingerprint density at radius 2 is 1.52 bits per heavy atom. The van der Waals surface area contributed by atoms with E-state index in [2.05, 4.69) is 24.9 Å². The molecular formula is C55H54N3OPt-. The van der Waals surface area contributed by atoms with E-state index in [1.165, 1.54) is 0 Å². The Balaban J connectivity index is 0.00000760. The average Bonchev–Trinajstić information content (AvgIpc) is 3.69. The van der Waals surface area contributed by atoms with Crippen molar-refractivity contribution in [1.29, 1.82) is 0 Å². The van der Waals surface area contributed by atoms with Crippen molar-refractivity contribution < 1.29 is 42.6 Å². The van der Waals surface area contributed by atoms with Crippen LogP contribution < -0.4 is 0 Å². The fraction of sp³-hybridized carbons (Fsp3) is 0.236. The molecule has 6 aromatic carbocycles. The molecule has 60 heavy (non-hydrogen) atoms. The summed E-state index contributed by atoms with van der Waals surface area (Å²) in [4.78, 5) is 9.65. The molecule has 8 aromatic rings. The minimum absolute atomic E-state index is 0. The smallest absolute Gasteiger partial charge is 0.148 e. The van der Waals surface area contributed by atoms with Crippen molar-refractivity contribution in [3.63, 3.8) is 0 Å². The normalized spacial score (nSPS) is 15.0. The first-order chi connectivity index (χ1) is 33.0. The van der Waals surface area contributed by atoms with E-state index < -0.39 is 66.6 Å². The zero-order chi connectivity index (χ0) is 52.1. The molecule has 2 aromatic heterocycles. The molecule has 0 fully saturated rings. The van der Waals surface area contributed by atoms with Crippen LogP contribution in [0.2, 0.25) is 0 Å². The Labute approximate surface area is 387 Å². The van der Waals surface area contributed by atoms with Crippen LogP contribution in [0.5, 0.6) is 5.75 Å². The molecule has 2 heterocycles. The number of phenols is 1. The summed E-state index contributed by atoms with van der Waals surface area (Å²) in [5, 5.41) is 11.8. The molecule has 4 nitrogen and oxygen atoms in total. The molecule has 0 radical (unpaired) electrons. The van der Waals surface area contributed by atoms with Gasteiger partial charge in [0.25, 0.3) is 0 Å². The molecule has 0 saturated carbocycles. The number of aromatic hydroxyl groups is 1. The molecule has 5 heteroatoms. The fourth-order valence-electron chi connectivity index (χ4n) is 7.44. The number of imidazole rings is 1. The fourth-order valence-corrected chi connectivity index (χ4v) is 7.44. The summed E-state index contributed by atoms with van der Waals surface area (Å²) in [5.74, 6) is -0.534. The van der Waals surface area contributed by atoms with Gasteiger partial charge in [-0.05, 0) is 118 Å². The molecule has 0 unspecified atom stereocenters. The van der Waals surface area contributed by atoms with Crippen molar-refractivity contribution in [3.8, 4) is 67.5 Å². The van der Waals surface area contributed by atoms with E-state index >= 15 is 0 Å². The minimum Gasteiger partial charge on any atom is -0.507 e. The zero-order valence-corrected chi connectivity index (χ0v) is 37.5. The zero-order valence-electron chi connectivity index (χ0n) is 47.2. The second kappa shape index (κ2) is 16.8. The van der Waals surface area contributed by atoms with E-state index in [9.17, 15) is 6.48 Å². The van der Waals surface area contributed by atoms with Crippen molar-refractivity contribution in [3.05, 3.63) is 167 Å². The number of aryl methyl sites for hydroxylation is 3. The number of phenolic OH excluding ortho intramolecular Hbond substituents is 1. The van der Waals surface area contributed by atoms with Gasteiger partial charge >= 0.3 is 0 Å². The number of aromatic nitrogens is 3. The van der Waals surface area contributed by atoms with Crippen LogP contribution >= 0.6 is 0 Å². The van der Waals surface area contributed by atoms with Gasteiger partial charge in [-0.15, -0.1) is 29.3 Å². The molecule has 0 bridgehead atoms. The van der Waals surface area contributed by atoms with E-state index in [0.717, 1.165) is 27.8 Å². The van der Waals surface area contributed by atoms with Crippen molar-refractivity contribution in [2.24, 2.45) is 0 Å². The summed E-state index contributed by atoms with van der Waals surface area (Å²) in [6.45, 7) is 14.8. The summed E-state index contributed by atoms with van der Waals surface area (Å²) >= 11 is 0. The number of hydrogen-bond donors (Lipinski definition) is 1. The van der Waals surface area contributed by atoms with Crippen molar-refractivity contribution in [2.45, 2.75) is 86.4 Å². The number of fused-ring (bicyclic) bond motifs is 1. The molecule has 0 spiro atoms. The molecule has 0 aliphatic carbocycles. The van der Waals surface area contributed by atoms with E-state index in [1.807, 2.05) is 96.1 Å². The van der Waals surface area contributed by atoms with Crippen LogP contribution in [0.4, 0.5) is 0 Å². The molecule has 0 aliphatic heterocycles. The predicted molar refractivity (Wildman–Crippen MR) is 248 cm³/mol. The number of benzene rings is 6. The van der Waals surface area contributed by atoms with Crippen LogP contribution in [0.3, 0.4) is 0 Å². The van der Waals surface area contributed by atoms with Crippen LogP contribution in [-0.4, -0.2) is 19.6 Å². The number of nitrogens with zero attached hydrogens (tertiary/aromatic N) is 3. The third-order valence-electron chi connectivity index (χ3n) is 10.8. The second-order valence-electron chi connectivity index (χ2n) is 16.8.